The van der Waals surface area contributed by atoms with Gasteiger partial charge in [-0.3, -0.25) is 4.79 Å². The molecule has 0 aliphatic carbocycles. The van der Waals surface area contributed by atoms with Crippen LogP contribution in [0.3, 0.4) is 0 Å². The molecule has 108 valence electrons. The molecule has 2 heterocycles. The summed E-state index contributed by atoms with van der Waals surface area (Å²) < 4.78 is 7.29. The zero-order valence-corrected chi connectivity index (χ0v) is 12.7. The van der Waals surface area contributed by atoms with Crippen LogP contribution in [-0.2, 0) is 6.42 Å². The Morgan fingerprint density at radius 2 is 2.19 bits per heavy atom. The van der Waals surface area contributed by atoms with E-state index in [0.717, 1.165) is 30.0 Å². The SMILES string of the molecule is CCCc1nc2s/c(=C\c3ccccc3OC)c(=O)n2n1. The van der Waals surface area contributed by atoms with Crippen LogP contribution in [0.4, 0.5) is 0 Å². The first kappa shape index (κ1) is 13.8. The van der Waals surface area contributed by atoms with Crippen molar-refractivity contribution in [1.82, 2.24) is 14.6 Å². The van der Waals surface area contributed by atoms with Crippen LogP contribution in [0.5, 0.6) is 5.75 Å². The van der Waals surface area contributed by atoms with Gasteiger partial charge in [-0.15, -0.1) is 5.10 Å². The fourth-order valence-corrected chi connectivity index (χ4v) is 3.05. The lowest BCUT2D eigenvalue weighted by Gasteiger charge is -2.02. The van der Waals surface area contributed by atoms with Gasteiger partial charge < -0.3 is 4.74 Å². The maximum atomic E-state index is 12.3. The number of rotatable bonds is 4. The van der Waals surface area contributed by atoms with Gasteiger partial charge in [0, 0.05) is 12.0 Å². The Morgan fingerprint density at radius 3 is 2.90 bits per heavy atom. The third kappa shape index (κ3) is 2.54. The fourth-order valence-electron chi connectivity index (χ4n) is 2.13. The largest absolute Gasteiger partial charge is 0.496 e. The molecule has 1 aromatic carbocycles. The third-order valence-electron chi connectivity index (χ3n) is 3.12. The number of benzene rings is 1. The minimum absolute atomic E-state index is 0.129. The van der Waals surface area contributed by atoms with Gasteiger partial charge >= 0.3 is 0 Å². The summed E-state index contributed by atoms with van der Waals surface area (Å²) in [6.45, 7) is 2.06. The lowest BCUT2D eigenvalue weighted by atomic mass is 10.2. The molecule has 21 heavy (non-hydrogen) atoms. The molecule has 0 spiro atoms. The molecular formula is C15H15N3O2S. The number of aromatic nitrogens is 3. The number of nitrogens with zero attached hydrogens (tertiary/aromatic N) is 3. The van der Waals surface area contributed by atoms with E-state index < -0.39 is 0 Å². The first-order valence-electron chi connectivity index (χ1n) is 6.76. The summed E-state index contributed by atoms with van der Waals surface area (Å²) in [6, 6.07) is 7.59. The van der Waals surface area contributed by atoms with Gasteiger partial charge in [0.25, 0.3) is 5.56 Å². The van der Waals surface area contributed by atoms with Crippen molar-refractivity contribution in [3.63, 3.8) is 0 Å². The Labute approximate surface area is 125 Å². The summed E-state index contributed by atoms with van der Waals surface area (Å²) >= 11 is 1.35. The van der Waals surface area contributed by atoms with Crippen LogP contribution in [0.25, 0.3) is 11.0 Å². The van der Waals surface area contributed by atoms with Gasteiger partial charge in [-0.05, 0) is 18.6 Å². The number of fused-ring (bicyclic) bond motifs is 1. The van der Waals surface area contributed by atoms with E-state index in [2.05, 4.69) is 17.0 Å². The third-order valence-corrected chi connectivity index (χ3v) is 4.08. The highest BCUT2D eigenvalue weighted by Crippen LogP contribution is 2.17. The van der Waals surface area contributed by atoms with Crippen LogP contribution < -0.4 is 14.8 Å². The van der Waals surface area contributed by atoms with Crippen molar-refractivity contribution in [2.24, 2.45) is 0 Å². The van der Waals surface area contributed by atoms with E-state index in [0.29, 0.717) is 9.49 Å². The lowest BCUT2D eigenvalue weighted by molar-refractivity contribution is 0.414. The Hall–Kier alpha value is -2.21. The predicted molar refractivity (Wildman–Crippen MR) is 82.9 cm³/mol. The normalized spacial score (nSPS) is 12.2. The van der Waals surface area contributed by atoms with Crippen LogP contribution in [0.1, 0.15) is 24.7 Å². The van der Waals surface area contributed by atoms with E-state index in [1.54, 1.807) is 7.11 Å². The van der Waals surface area contributed by atoms with E-state index >= 15 is 0 Å². The van der Waals surface area contributed by atoms with Crippen molar-refractivity contribution in [3.8, 4) is 5.75 Å². The standard InChI is InChI=1S/C15H15N3O2S/c1-3-6-13-16-15-18(17-13)14(19)12(21-15)9-10-7-4-5-8-11(10)20-2/h4-5,7-9H,3,6H2,1-2H3/b12-9-. The fraction of sp³-hybridized carbons (Fsp3) is 0.267. The number of hydrogen-bond donors (Lipinski definition) is 0. The van der Waals surface area contributed by atoms with Crippen molar-refractivity contribution in [3.05, 3.63) is 50.5 Å². The molecule has 5 nitrogen and oxygen atoms in total. The van der Waals surface area contributed by atoms with Gasteiger partial charge in [-0.2, -0.15) is 4.52 Å². The second-order valence-corrected chi connectivity index (χ2v) is 5.64. The summed E-state index contributed by atoms with van der Waals surface area (Å²) in [4.78, 5) is 17.4. The molecule has 3 aromatic rings. The van der Waals surface area contributed by atoms with Crippen LogP contribution in [0.2, 0.25) is 0 Å². The molecule has 0 saturated carbocycles. The molecule has 0 radical (unpaired) electrons. The molecule has 6 heteroatoms. The van der Waals surface area contributed by atoms with Gasteiger partial charge in [-0.1, -0.05) is 36.5 Å². The second-order valence-electron chi connectivity index (χ2n) is 4.63. The van der Waals surface area contributed by atoms with Crippen molar-refractivity contribution < 1.29 is 4.74 Å². The molecule has 3 rings (SSSR count). The van der Waals surface area contributed by atoms with Crippen molar-refractivity contribution >= 4 is 22.4 Å². The molecular weight excluding hydrogens is 286 g/mol. The summed E-state index contributed by atoms with van der Waals surface area (Å²) in [7, 11) is 1.62. The summed E-state index contributed by atoms with van der Waals surface area (Å²) in [5, 5.41) is 4.26. The molecule has 0 aliphatic heterocycles. The molecule has 0 fully saturated rings. The highest BCUT2D eigenvalue weighted by molar-refractivity contribution is 7.15. The van der Waals surface area contributed by atoms with Gasteiger partial charge in [0.05, 0.1) is 11.6 Å². The predicted octanol–water partition coefficient (Wildman–Crippen LogP) is 1.66. The number of para-hydroxylation sites is 1. The van der Waals surface area contributed by atoms with Crippen LogP contribution in [0.15, 0.2) is 29.1 Å². The average Bonchev–Trinajstić information content (AvgIpc) is 3.00. The maximum absolute atomic E-state index is 12.3. The van der Waals surface area contributed by atoms with Crippen LogP contribution in [0, 0.1) is 0 Å². The van der Waals surface area contributed by atoms with E-state index in [1.165, 1.54) is 15.9 Å². The highest BCUT2D eigenvalue weighted by Gasteiger charge is 2.10. The Morgan fingerprint density at radius 1 is 1.38 bits per heavy atom. The molecule has 0 bridgehead atoms. The minimum atomic E-state index is -0.129. The van der Waals surface area contributed by atoms with Gasteiger partial charge in [-0.25, -0.2) is 4.98 Å². The van der Waals surface area contributed by atoms with E-state index in [1.807, 2.05) is 30.3 Å². The first-order chi connectivity index (χ1) is 10.2. The topological polar surface area (TPSA) is 56.5 Å². The zero-order valence-electron chi connectivity index (χ0n) is 11.9. The molecule has 0 saturated heterocycles. The van der Waals surface area contributed by atoms with Crippen molar-refractivity contribution in [2.75, 3.05) is 7.11 Å². The summed E-state index contributed by atoms with van der Waals surface area (Å²) in [6.07, 6.45) is 3.58. The molecule has 0 unspecified atom stereocenters. The number of methoxy groups -OCH3 is 1. The second kappa shape index (κ2) is 5.65. The quantitative estimate of drug-likeness (QED) is 0.735. The molecule has 0 atom stereocenters. The number of hydrogen-bond acceptors (Lipinski definition) is 5. The highest BCUT2D eigenvalue weighted by atomic mass is 32.1. The van der Waals surface area contributed by atoms with Crippen molar-refractivity contribution in [1.29, 1.82) is 0 Å². The van der Waals surface area contributed by atoms with Gasteiger partial charge in [0.15, 0.2) is 5.82 Å². The molecule has 0 aliphatic rings. The van der Waals surface area contributed by atoms with E-state index in [-0.39, 0.29) is 5.56 Å². The van der Waals surface area contributed by atoms with Gasteiger partial charge in [0.2, 0.25) is 4.96 Å². The summed E-state index contributed by atoms with van der Waals surface area (Å²) in [5.74, 6) is 1.47. The van der Waals surface area contributed by atoms with E-state index in [9.17, 15) is 4.79 Å². The number of aryl methyl sites for hydroxylation is 1. The van der Waals surface area contributed by atoms with E-state index in [4.69, 9.17) is 4.74 Å². The number of thiazole rings is 1. The summed E-state index contributed by atoms with van der Waals surface area (Å²) in [5.41, 5.74) is 0.742. The Kier molecular flexibility index (Phi) is 3.70. The Balaban J connectivity index is 2.12. The van der Waals surface area contributed by atoms with Crippen molar-refractivity contribution in [2.45, 2.75) is 19.8 Å². The van der Waals surface area contributed by atoms with Crippen LogP contribution >= 0.6 is 11.3 Å². The first-order valence-corrected chi connectivity index (χ1v) is 7.57. The lowest BCUT2D eigenvalue weighted by Crippen LogP contribution is -2.23. The van der Waals surface area contributed by atoms with Gasteiger partial charge in [0.1, 0.15) is 5.75 Å². The van der Waals surface area contributed by atoms with Crippen LogP contribution in [-0.4, -0.2) is 21.7 Å². The number of ether oxygens (including phenoxy) is 1. The maximum Gasteiger partial charge on any atom is 0.291 e. The Bertz CT molecular complexity index is 882. The molecule has 2 aromatic heterocycles. The minimum Gasteiger partial charge on any atom is -0.496 e. The average molecular weight is 301 g/mol. The monoisotopic (exact) mass is 301 g/mol. The smallest absolute Gasteiger partial charge is 0.291 e. The molecule has 0 N–H and O–H groups in total. The molecule has 0 amide bonds. The zero-order chi connectivity index (χ0) is 14.8.